The summed E-state index contributed by atoms with van der Waals surface area (Å²) in [5.74, 6) is 0. The molecule has 6 N–H and O–H groups in total. The molecule has 10 heteroatoms. The van der Waals surface area contributed by atoms with Crippen LogP contribution in [0.15, 0.2) is 0 Å². The molecule has 0 rings (SSSR count). The van der Waals surface area contributed by atoms with Crippen LogP contribution < -0.4 is 34.6 Å². The first kappa shape index (κ1) is 17.2. The standard InChI is InChI=1S/BH2O3.Na.H4O4Si/c2-1(3)4;;1-5(2,3)4/h2-3H;;1-4H/q-1;+1;. The molecule has 10 heavy (non-hydrogen) atoms. The molecule has 0 aliphatic carbocycles. The SMILES string of the molecule is O[Si](O)(O)O.[Na+].[O-]B(O)O. The Hall–Kier alpha value is 1.00. The van der Waals surface area contributed by atoms with Gasteiger partial charge in [-0.3, -0.25) is 0 Å². The Kier molecular flexibility index (Phi) is 13.9. The van der Waals surface area contributed by atoms with Crippen molar-refractivity contribution in [3.8, 4) is 0 Å². The Morgan fingerprint density at radius 2 is 1.00 bits per heavy atom. The van der Waals surface area contributed by atoms with Crippen molar-refractivity contribution in [3.63, 3.8) is 0 Å². The van der Waals surface area contributed by atoms with E-state index in [1.165, 1.54) is 0 Å². The Morgan fingerprint density at radius 3 is 1.00 bits per heavy atom. The summed E-state index contributed by atoms with van der Waals surface area (Å²) in [5.41, 5.74) is 0. The molecule has 0 saturated carbocycles. The molecule has 0 unspecified atom stereocenters. The van der Waals surface area contributed by atoms with E-state index < -0.39 is 16.4 Å². The smallest absolute Gasteiger partial charge is 0.832 e. The van der Waals surface area contributed by atoms with Gasteiger partial charge in [0.2, 0.25) is 0 Å². The number of hydrogen-bond donors (Lipinski definition) is 6. The minimum Gasteiger partial charge on any atom is -0.832 e. The van der Waals surface area contributed by atoms with Crippen LogP contribution in [0, 0.1) is 0 Å². The molecule has 0 saturated heterocycles. The van der Waals surface area contributed by atoms with E-state index in [1.54, 1.807) is 0 Å². The van der Waals surface area contributed by atoms with Gasteiger partial charge in [-0.05, 0) is 0 Å². The van der Waals surface area contributed by atoms with Gasteiger partial charge in [0.25, 0.3) is 0 Å². The molecule has 0 aliphatic heterocycles. The summed E-state index contributed by atoms with van der Waals surface area (Å²) in [5, 5.41) is 22.8. The fraction of sp³-hybridized carbons (Fsp3) is 0. The second-order valence-corrected chi connectivity index (χ2v) is 2.13. The molecular formula is H6BNaO7Si. The van der Waals surface area contributed by atoms with Crippen molar-refractivity contribution in [3.05, 3.63) is 0 Å². The van der Waals surface area contributed by atoms with Crippen LogP contribution in [-0.4, -0.2) is 45.6 Å². The Labute approximate surface area is 80.2 Å². The molecular weight excluding hydrogens is 174 g/mol. The largest absolute Gasteiger partial charge is 1.00 e. The minimum absolute atomic E-state index is 0. The zero-order chi connectivity index (χ0) is 8.08. The Bertz CT molecular complexity index is 50.4. The van der Waals surface area contributed by atoms with Crippen molar-refractivity contribution in [2.75, 3.05) is 0 Å². The van der Waals surface area contributed by atoms with Crippen molar-refractivity contribution in [2.45, 2.75) is 0 Å². The van der Waals surface area contributed by atoms with Crippen LogP contribution in [0.1, 0.15) is 0 Å². The third-order valence-corrected chi connectivity index (χ3v) is 0. The molecule has 0 radical (unpaired) electrons. The molecule has 0 fully saturated rings. The van der Waals surface area contributed by atoms with Crippen molar-refractivity contribution in [1.29, 1.82) is 0 Å². The number of rotatable bonds is 0. The van der Waals surface area contributed by atoms with Gasteiger partial charge in [-0.25, -0.2) is 0 Å². The summed E-state index contributed by atoms with van der Waals surface area (Å²) < 4.78 is 0. The fourth-order valence-corrected chi connectivity index (χ4v) is 0. The van der Waals surface area contributed by atoms with E-state index in [1.807, 2.05) is 0 Å². The van der Waals surface area contributed by atoms with E-state index >= 15 is 0 Å². The van der Waals surface area contributed by atoms with Crippen molar-refractivity contribution >= 4 is 16.4 Å². The predicted octanol–water partition coefficient (Wildman–Crippen LogP) is -8.29. The molecule has 7 nitrogen and oxygen atoms in total. The maximum absolute atomic E-state index is 8.64. The Balaban J connectivity index is -0.0000000910. The van der Waals surface area contributed by atoms with Gasteiger partial charge < -0.3 is 34.3 Å². The predicted molar refractivity (Wildman–Crippen MR) is 24.8 cm³/mol. The fourth-order valence-electron chi connectivity index (χ4n) is 0. The van der Waals surface area contributed by atoms with Gasteiger partial charge in [-0.2, -0.15) is 0 Å². The molecule has 0 spiro atoms. The first-order valence-electron chi connectivity index (χ1n) is 1.65. The van der Waals surface area contributed by atoms with Crippen LogP contribution in [0.3, 0.4) is 0 Å². The molecule has 0 bridgehead atoms. The summed E-state index contributed by atoms with van der Waals surface area (Å²) in [6.45, 7) is 0. The summed E-state index contributed by atoms with van der Waals surface area (Å²) >= 11 is 0. The Morgan fingerprint density at radius 1 is 1.00 bits per heavy atom. The maximum Gasteiger partial charge on any atom is 1.00 e. The first-order valence-corrected chi connectivity index (χ1v) is 3.44. The van der Waals surface area contributed by atoms with E-state index in [0.717, 1.165) is 0 Å². The average molecular weight is 180 g/mol. The summed E-state index contributed by atoms with van der Waals surface area (Å²) in [4.78, 5) is 29.3. The first-order chi connectivity index (χ1) is 3.73. The van der Waals surface area contributed by atoms with Gasteiger partial charge >= 0.3 is 45.9 Å². The topological polar surface area (TPSA) is 144 Å². The third-order valence-electron chi connectivity index (χ3n) is 0. The van der Waals surface area contributed by atoms with Crippen molar-refractivity contribution < 1.29 is 63.8 Å². The van der Waals surface area contributed by atoms with Crippen LogP contribution in [0.25, 0.3) is 0 Å². The third kappa shape index (κ3) is 574. The molecule has 0 aromatic rings. The van der Waals surface area contributed by atoms with Gasteiger partial charge in [0.1, 0.15) is 0 Å². The van der Waals surface area contributed by atoms with E-state index in [0.29, 0.717) is 0 Å². The van der Waals surface area contributed by atoms with Gasteiger partial charge in [0.05, 0.1) is 0 Å². The zero-order valence-corrected chi connectivity index (χ0v) is 8.17. The second-order valence-electron chi connectivity index (χ2n) is 0.926. The molecule has 0 atom stereocenters. The van der Waals surface area contributed by atoms with Gasteiger partial charge in [-0.15, -0.1) is 0 Å². The van der Waals surface area contributed by atoms with Gasteiger partial charge in [0.15, 0.2) is 0 Å². The van der Waals surface area contributed by atoms with E-state index in [-0.39, 0.29) is 29.6 Å². The number of hydrogen-bond acceptors (Lipinski definition) is 7. The summed E-state index contributed by atoms with van der Waals surface area (Å²) in [6, 6.07) is 0. The molecule has 0 aromatic heterocycles. The van der Waals surface area contributed by atoms with Gasteiger partial charge in [-0.1, -0.05) is 0 Å². The molecule has 0 amide bonds. The normalized spacial score (nSPS) is 8.70. The van der Waals surface area contributed by atoms with Gasteiger partial charge in [0, 0.05) is 0 Å². The van der Waals surface area contributed by atoms with E-state index in [9.17, 15) is 0 Å². The maximum atomic E-state index is 8.64. The second kappa shape index (κ2) is 8.10. The van der Waals surface area contributed by atoms with Crippen molar-refractivity contribution in [1.82, 2.24) is 0 Å². The summed E-state index contributed by atoms with van der Waals surface area (Å²) in [6.07, 6.45) is 0. The van der Waals surface area contributed by atoms with E-state index in [4.69, 9.17) is 34.3 Å². The van der Waals surface area contributed by atoms with Crippen LogP contribution in [0.5, 0.6) is 0 Å². The van der Waals surface area contributed by atoms with Crippen LogP contribution in [0.2, 0.25) is 0 Å². The zero-order valence-electron chi connectivity index (χ0n) is 5.17. The van der Waals surface area contributed by atoms with Crippen LogP contribution in [0.4, 0.5) is 0 Å². The molecule has 56 valence electrons. The monoisotopic (exact) mass is 180 g/mol. The minimum atomic E-state index is -4.61. The van der Waals surface area contributed by atoms with Crippen molar-refractivity contribution in [2.24, 2.45) is 0 Å². The summed E-state index contributed by atoms with van der Waals surface area (Å²) in [7, 11) is -7.03. The molecule has 0 aliphatic rings. The molecule has 0 aromatic carbocycles. The van der Waals surface area contributed by atoms with Crippen LogP contribution >= 0.6 is 0 Å². The van der Waals surface area contributed by atoms with Crippen LogP contribution in [-0.2, 0) is 0 Å². The molecule has 0 heterocycles. The quantitative estimate of drug-likeness (QED) is 0.203. The van der Waals surface area contributed by atoms with E-state index in [2.05, 4.69) is 0 Å². The average Bonchev–Trinajstić information content (AvgIpc) is 1.19.